The molecular weight excluding hydrogens is 414 g/mol. The summed E-state index contributed by atoms with van der Waals surface area (Å²) in [6.45, 7) is 4.25. The van der Waals surface area contributed by atoms with E-state index < -0.39 is 17.7 Å². The SMILES string of the molecule is Cc1ccc(C2/C(=C(/O)c3ccc4c(c3)CC(C)O4)C(=O)C(=O)N2Cc2ccccc2)cc1. The van der Waals surface area contributed by atoms with Crippen molar-refractivity contribution in [2.45, 2.75) is 39.0 Å². The molecule has 0 radical (unpaired) electrons. The average molecular weight is 440 g/mol. The number of carbonyl (C=O) groups excluding carboxylic acids is 2. The van der Waals surface area contributed by atoms with E-state index in [4.69, 9.17) is 4.74 Å². The molecule has 166 valence electrons. The number of likely N-dealkylation sites (tertiary alicyclic amines) is 1. The van der Waals surface area contributed by atoms with Crippen LogP contribution >= 0.6 is 0 Å². The van der Waals surface area contributed by atoms with E-state index in [0.717, 1.165) is 34.4 Å². The molecule has 3 aromatic carbocycles. The summed E-state index contributed by atoms with van der Waals surface area (Å²) in [5.41, 5.74) is 4.40. The Balaban J connectivity index is 1.62. The molecule has 3 aromatic rings. The molecular formula is C28H25NO4. The van der Waals surface area contributed by atoms with Crippen molar-refractivity contribution in [2.75, 3.05) is 0 Å². The first-order chi connectivity index (χ1) is 15.9. The molecule has 5 rings (SSSR count). The summed E-state index contributed by atoms with van der Waals surface area (Å²) in [5, 5.41) is 11.3. The maximum Gasteiger partial charge on any atom is 0.295 e. The summed E-state index contributed by atoms with van der Waals surface area (Å²) in [6, 6.07) is 22.0. The number of Topliss-reactive ketones (excluding diaryl/α,β-unsaturated/α-hetero) is 1. The minimum Gasteiger partial charge on any atom is -0.507 e. The summed E-state index contributed by atoms with van der Waals surface area (Å²) in [5.74, 6) is -0.640. The molecule has 1 amide bonds. The van der Waals surface area contributed by atoms with Crippen molar-refractivity contribution >= 4 is 17.4 Å². The first-order valence-corrected chi connectivity index (χ1v) is 11.1. The zero-order valence-electron chi connectivity index (χ0n) is 18.6. The van der Waals surface area contributed by atoms with Crippen LogP contribution < -0.4 is 4.74 Å². The Morgan fingerprint density at radius 1 is 1.03 bits per heavy atom. The molecule has 2 aliphatic rings. The van der Waals surface area contributed by atoms with Crippen molar-refractivity contribution in [3.8, 4) is 5.75 Å². The van der Waals surface area contributed by atoms with Crippen LogP contribution in [0.2, 0.25) is 0 Å². The van der Waals surface area contributed by atoms with Crippen molar-refractivity contribution < 1.29 is 19.4 Å². The van der Waals surface area contributed by atoms with E-state index in [1.165, 1.54) is 0 Å². The number of ether oxygens (including phenoxy) is 1. The topological polar surface area (TPSA) is 66.8 Å². The van der Waals surface area contributed by atoms with Gasteiger partial charge in [-0.3, -0.25) is 9.59 Å². The van der Waals surface area contributed by atoms with Crippen LogP contribution in [0.3, 0.4) is 0 Å². The molecule has 2 aliphatic heterocycles. The Labute approximate surface area is 192 Å². The third kappa shape index (κ3) is 3.80. The average Bonchev–Trinajstić information content (AvgIpc) is 3.31. The van der Waals surface area contributed by atoms with E-state index in [1.54, 1.807) is 11.0 Å². The number of rotatable bonds is 4. The lowest BCUT2D eigenvalue weighted by atomic mass is 9.94. The lowest BCUT2D eigenvalue weighted by Crippen LogP contribution is -2.29. The van der Waals surface area contributed by atoms with Gasteiger partial charge >= 0.3 is 0 Å². The van der Waals surface area contributed by atoms with Gasteiger partial charge in [-0.05, 0) is 48.7 Å². The fraction of sp³-hybridized carbons (Fsp3) is 0.214. The number of amides is 1. The highest BCUT2D eigenvalue weighted by Gasteiger charge is 2.46. The number of ketones is 1. The summed E-state index contributed by atoms with van der Waals surface area (Å²) >= 11 is 0. The van der Waals surface area contributed by atoms with Gasteiger partial charge in [-0.2, -0.15) is 0 Å². The van der Waals surface area contributed by atoms with Gasteiger partial charge in [-0.1, -0.05) is 60.2 Å². The molecule has 0 aromatic heterocycles. The highest BCUT2D eigenvalue weighted by Crippen LogP contribution is 2.41. The van der Waals surface area contributed by atoms with Crippen LogP contribution in [-0.2, 0) is 22.6 Å². The molecule has 0 spiro atoms. The molecule has 5 heteroatoms. The Kier molecular flexibility index (Phi) is 5.25. The van der Waals surface area contributed by atoms with Gasteiger partial charge in [0, 0.05) is 18.5 Å². The summed E-state index contributed by atoms with van der Waals surface area (Å²) in [7, 11) is 0. The predicted molar refractivity (Wildman–Crippen MR) is 126 cm³/mol. The first kappa shape index (κ1) is 21.0. The van der Waals surface area contributed by atoms with Gasteiger partial charge in [0.1, 0.15) is 17.6 Å². The maximum absolute atomic E-state index is 13.2. The highest BCUT2D eigenvalue weighted by atomic mass is 16.5. The maximum atomic E-state index is 13.2. The van der Waals surface area contributed by atoms with Gasteiger partial charge in [0.25, 0.3) is 11.7 Å². The molecule has 2 atom stereocenters. The van der Waals surface area contributed by atoms with Crippen LogP contribution in [0.25, 0.3) is 5.76 Å². The lowest BCUT2D eigenvalue weighted by Gasteiger charge is -2.25. The second kappa shape index (κ2) is 8.24. The number of benzene rings is 3. The van der Waals surface area contributed by atoms with Crippen LogP contribution in [0, 0.1) is 6.92 Å². The van der Waals surface area contributed by atoms with Gasteiger partial charge in [0.2, 0.25) is 0 Å². The third-order valence-electron chi connectivity index (χ3n) is 6.30. The van der Waals surface area contributed by atoms with Gasteiger partial charge in [-0.25, -0.2) is 0 Å². The van der Waals surface area contributed by atoms with E-state index in [-0.39, 0.29) is 24.0 Å². The highest BCUT2D eigenvalue weighted by molar-refractivity contribution is 6.46. The number of aliphatic hydroxyl groups is 1. The van der Waals surface area contributed by atoms with Crippen LogP contribution in [0.15, 0.2) is 78.4 Å². The Hall–Kier alpha value is -3.86. The summed E-state index contributed by atoms with van der Waals surface area (Å²) < 4.78 is 5.76. The zero-order valence-corrected chi connectivity index (χ0v) is 18.6. The van der Waals surface area contributed by atoms with E-state index in [2.05, 4.69) is 0 Å². The van der Waals surface area contributed by atoms with Gasteiger partial charge in [-0.15, -0.1) is 0 Å². The third-order valence-corrected chi connectivity index (χ3v) is 6.30. The molecule has 0 aliphatic carbocycles. The van der Waals surface area contributed by atoms with Crippen LogP contribution in [-0.4, -0.2) is 27.8 Å². The molecule has 1 saturated heterocycles. The first-order valence-electron chi connectivity index (χ1n) is 11.1. The number of carbonyl (C=O) groups is 2. The van der Waals surface area contributed by atoms with E-state index in [1.807, 2.05) is 80.6 Å². The van der Waals surface area contributed by atoms with Crippen molar-refractivity contribution in [1.29, 1.82) is 0 Å². The number of fused-ring (bicyclic) bond motifs is 1. The molecule has 1 fully saturated rings. The Bertz CT molecular complexity index is 1260. The molecule has 1 N–H and O–H groups in total. The van der Waals surface area contributed by atoms with E-state index >= 15 is 0 Å². The summed E-state index contributed by atoms with van der Waals surface area (Å²) in [4.78, 5) is 27.9. The van der Waals surface area contributed by atoms with E-state index in [9.17, 15) is 14.7 Å². The quantitative estimate of drug-likeness (QED) is 0.355. The fourth-order valence-corrected chi connectivity index (χ4v) is 4.64. The minimum atomic E-state index is -0.672. The number of aryl methyl sites for hydroxylation is 1. The number of nitrogens with zero attached hydrogens (tertiary/aromatic N) is 1. The molecule has 5 nitrogen and oxygen atoms in total. The number of hydrogen-bond acceptors (Lipinski definition) is 4. The normalized spacial score (nSPS) is 21.2. The van der Waals surface area contributed by atoms with Crippen molar-refractivity contribution in [3.05, 3.63) is 106 Å². The second-order valence-electron chi connectivity index (χ2n) is 8.78. The largest absolute Gasteiger partial charge is 0.507 e. The molecule has 2 unspecified atom stereocenters. The van der Waals surface area contributed by atoms with Crippen molar-refractivity contribution in [1.82, 2.24) is 4.90 Å². The Morgan fingerprint density at radius 3 is 2.48 bits per heavy atom. The van der Waals surface area contributed by atoms with Crippen molar-refractivity contribution in [3.63, 3.8) is 0 Å². The smallest absolute Gasteiger partial charge is 0.295 e. The van der Waals surface area contributed by atoms with Gasteiger partial charge in [0.15, 0.2) is 0 Å². The monoisotopic (exact) mass is 439 g/mol. The molecule has 2 heterocycles. The minimum absolute atomic E-state index is 0.0707. The molecule has 33 heavy (non-hydrogen) atoms. The van der Waals surface area contributed by atoms with E-state index in [0.29, 0.717) is 5.56 Å². The zero-order chi connectivity index (χ0) is 23.1. The van der Waals surface area contributed by atoms with Crippen LogP contribution in [0.1, 0.15) is 40.8 Å². The standard InChI is InChI=1S/C28H25NO4/c1-17-8-10-20(11-9-17)25-24(26(30)21-12-13-23-22(15-21)14-18(2)33-23)27(31)28(32)29(25)16-19-6-4-3-5-7-19/h3-13,15,18,25,30H,14,16H2,1-2H3/b26-24-. The van der Waals surface area contributed by atoms with Gasteiger partial charge in [0.05, 0.1) is 11.6 Å². The number of aliphatic hydroxyl groups excluding tert-OH is 1. The lowest BCUT2D eigenvalue weighted by molar-refractivity contribution is -0.140. The predicted octanol–water partition coefficient (Wildman–Crippen LogP) is 4.94. The molecule has 0 bridgehead atoms. The summed E-state index contributed by atoms with van der Waals surface area (Å²) in [6.07, 6.45) is 0.807. The van der Waals surface area contributed by atoms with Gasteiger partial charge < -0.3 is 14.7 Å². The fourth-order valence-electron chi connectivity index (χ4n) is 4.64. The Morgan fingerprint density at radius 2 is 1.76 bits per heavy atom. The van der Waals surface area contributed by atoms with Crippen LogP contribution in [0.5, 0.6) is 5.75 Å². The number of hydrogen-bond donors (Lipinski definition) is 1. The van der Waals surface area contributed by atoms with Crippen molar-refractivity contribution in [2.24, 2.45) is 0 Å². The van der Waals surface area contributed by atoms with Crippen LogP contribution in [0.4, 0.5) is 0 Å². The molecule has 0 saturated carbocycles. The second-order valence-corrected chi connectivity index (χ2v) is 8.78.